The molecule has 0 saturated carbocycles. The van der Waals surface area contributed by atoms with Crippen LogP contribution in [0, 0.1) is 6.92 Å². The molecule has 2 rings (SSSR count). The van der Waals surface area contributed by atoms with Crippen molar-refractivity contribution in [2.45, 2.75) is 6.92 Å². The largest absolute Gasteiger partial charge is 0.452 e. The van der Waals surface area contributed by atoms with Crippen molar-refractivity contribution in [3.05, 3.63) is 69.2 Å². The van der Waals surface area contributed by atoms with Gasteiger partial charge in [0.15, 0.2) is 6.61 Å². The van der Waals surface area contributed by atoms with Crippen LogP contribution in [0.25, 0.3) is 6.08 Å². The maximum Gasteiger partial charge on any atom is 0.331 e. The monoisotopic (exact) mass is 464 g/mol. The number of hydrogen-bond donors (Lipinski definition) is 2. The second kappa shape index (κ2) is 10.6. The fourth-order valence-electron chi connectivity index (χ4n) is 2.09. The van der Waals surface area contributed by atoms with Crippen LogP contribution in [0.4, 0.5) is 5.69 Å². The Labute approximate surface area is 176 Å². The van der Waals surface area contributed by atoms with Crippen molar-refractivity contribution in [1.29, 1.82) is 0 Å². The fourth-order valence-corrected chi connectivity index (χ4v) is 2.53. The maximum absolute atomic E-state index is 11.9. The number of carbonyl (C=O) groups is 3. The summed E-state index contributed by atoms with van der Waals surface area (Å²) < 4.78 is 5.77. The second-order valence-electron chi connectivity index (χ2n) is 5.73. The topological polar surface area (TPSA) is 84.5 Å². The SMILES string of the molecule is Cc1c(Cl)cccc1NC(=O)CNC(=O)COC(=O)C=Cc1ccc(Br)cc1. The number of amides is 2. The molecule has 8 heteroatoms. The van der Waals surface area contributed by atoms with Crippen molar-refractivity contribution < 1.29 is 19.1 Å². The smallest absolute Gasteiger partial charge is 0.331 e. The number of halogens is 2. The predicted molar refractivity (Wildman–Crippen MR) is 112 cm³/mol. The highest BCUT2D eigenvalue weighted by Crippen LogP contribution is 2.22. The Kier molecular flexibility index (Phi) is 8.22. The van der Waals surface area contributed by atoms with E-state index in [1.807, 2.05) is 24.3 Å². The Balaban J connectivity index is 1.71. The third-order valence-corrected chi connectivity index (χ3v) is 4.55. The lowest BCUT2D eigenvalue weighted by Gasteiger charge is -2.10. The highest BCUT2D eigenvalue weighted by molar-refractivity contribution is 9.10. The lowest BCUT2D eigenvalue weighted by molar-refractivity contribution is -0.143. The van der Waals surface area contributed by atoms with Crippen LogP contribution in [-0.4, -0.2) is 30.9 Å². The van der Waals surface area contributed by atoms with Crippen molar-refractivity contribution >= 4 is 57.1 Å². The van der Waals surface area contributed by atoms with Crippen molar-refractivity contribution in [3.8, 4) is 0 Å². The second-order valence-corrected chi connectivity index (χ2v) is 7.05. The van der Waals surface area contributed by atoms with E-state index in [9.17, 15) is 14.4 Å². The summed E-state index contributed by atoms with van der Waals surface area (Å²) in [6, 6.07) is 12.5. The Hall–Kier alpha value is -2.64. The maximum atomic E-state index is 11.9. The van der Waals surface area contributed by atoms with E-state index < -0.39 is 24.4 Å². The lowest BCUT2D eigenvalue weighted by atomic mass is 10.2. The minimum atomic E-state index is -0.655. The van der Waals surface area contributed by atoms with Gasteiger partial charge in [-0.1, -0.05) is 45.7 Å². The number of ether oxygens (including phenoxy) is 1. The standard InChI is InChI=1S/C20H18BrClN2O4/c1-13-16(22)3-2-4-17(13)24-18(25)11-23-19(26)12-28-20(27)10-7-14-5-8-15(21)9-6-14/h2-10H,11-12H2,1H3,(H,23,26)(H,24,25). The third-order valence-electron chi connectivity index (χ3n) is 3.62. The summed E-state index contributed by atoms with van der Waals surface area (Å²) in [5.74, 6) is -1.65. The fraction of sp³-hybridized carbons (Fsp3) is 0.150. The highest BCUT2D eigenvalue weighted by atomic mass is 79.9. The van der Waals surface area contributed by atoms with Gasteiger partial charge in [0.1, 0.15) is 0 Å². The molecule has 146 valence electrons. The van der Waals surface area contributed by atoms with E-state index in [0.29, 0.717) is 10.7 Å². The molecule has 0 heterocycles. The van der Waals surface area contributed by atoms with Gasteiger partial charge in [0.05, 0.1) is 6.54 Å². The number of rotatable bonds is 7. The normalized spacial score (nSPS) is 10.5. The number of benzene rings is 2. The lowest BCUT2D eigenvalue weighted by Crippen LogP contribution is -2.35. The molecule has 28 heavy (non-hydrogen) atoms. The molecule has 0 aliphatic rings. The number of nitrogens with one attached hydrogen (secondary N) is 2. The first-order chi connectivity index (χ1) is 13.3. The molecule has 0 aliphatic heterocycles. The van der Waals surface area contributed by atoms with Gasteiger partial charge in [-0.25, -0.2) is 4.79 Å². The summed E-state index contributed by atoms with van der Waals surface area (Å²) in [6.45, 7) is 1.04. The molecule has 0 fully saturated rings. The van der Waals surface area contributed by atoms with E-state index in [1.54, 1.807) is 31.2 Å². The zero-order valence-corrected chi connectivity index (χ0v) is 17.3. The molecule has 0 spiro atoms. The Morgan fingerprint density at radius 2 is 1.82 bits per heavy atom. The van der Waals surface area contributed by atoms with Crippen molar-refractivity contribution in [3.63, 3.8) is 0 Å². The number of hydrogen-bond acceptors (Lipinski definition) is 4. The van der Waals surface area contributed by atoms with Gasteiger partial charge >= 0.3 is 5.97 Å². The van der Waals surface area contributed by atoms with Gasteiger partial charge in [0, 0.05) is 21.3 Å². The summed E-state index contributed by atoms with van der Waals surface area (Å²) in [6.07, 6.45) is 2.80. The first-order valence-electron chi connectivity index (χ1n) is 8.27. The van der Waals surface area contributed by atoms with E-state index in [0.717, 1.165) is 15.6 Å². The molecule has 2 aromatic carbocycles. The first kappa shape index (κ1) is 21.7. The van der Waals surface area contributed by atoms with Gasteiger partial charge in [0.2, 0.25) is 5.91 Å². The van der Waals surface area contributed by atoms with E-state index in [-0.39, 0.29) is 6.54 Å². The number of anilines is 1. The molecule has 0 bridgehead atoms. The molecule has 2 amide bonds. The number of esters is 1. The van der Waals surface area contributed by atoms with E-state index in [1.165, 1.54) is 6.08 Å². The Morgan fingerprint density at radius 1 is 1.11 bits per heavy atom. The molecule has 2 N–H and O–H groups in total. The summed E-state index contributed by atoms with van der Waals surface area (Å²) in [7, 11) is 0. The van der Waals surface area contributed by atoms with E-state index in [2.05, 4.69) is 26.6 Å². The average Bonchev–Trinajstić information content (AvgIpc) is 2.68. The number of carbonyl (C=O) groups excluding carboxylic acids is 3. The molecule has 0 unspecified atom stereocenters. The van der Waals surface area contributed by atoms with Crippen LogP contribution in [0.1, 0.15) is 11.1 Å². The molecule has 6 nitrogen and oxygen atoms in total. The average molecular weight is 466 g/mol. The van der Waals surface area contributed by atoms with Gasteiger partial charge in [-0.05, 0) is 48.4 Å². The van der Waals surface area contributed by atoms with Crippen LogP contribution in [0.2, 0.25) is 5.02 Å². The Morgan fingerprint density at radius 3 is 2.54 bits per heavy atom. The van der Waals surface area contributed by atoms with Gasteiger partial charge in [-0.3, -0.25) is 9.59 Å². The van der Waals surface area contributed by atoms with Crippen LogP contribution >= 0.6 is 27.5 Å². The van der Waals surface area contributed by atoms with E-state index in [4.69, 9.17) is 16.3 Å². The highest BCUT2D eigenvalue weighted by Gasteiger charge is 2.10. The van der Waals surface area contributed by atoms with Gasteiger partial charge in [0.25, 0.3) is 5.91 Å². The minimum absolute atomic E-state index is 0.253. The molecule has 0 saturated heterocycles. The van der Waals surface area contributed by atoms with Crippen molar-refractivity contribution in [2.75, 3.05) is 18.5 Å². The van der Waals surface area contributed by atoms with Gasteiger partial charge < -0.3 is 15.4 Å². The molecule has 2 aromatic rings. The summed E-state index contributed by atoms with van der Waals surface area (Å²) in [5, 5.41) is 5.57. The molecule has 0 aromatic heterocycles. The molecular formula is C20H18BrClN2O4. The summed E-state index contributed by atoms with van der Waals surface area (Å²) >= 11 is 9.31. The van der Waals surface area contributed by atoms with Crippen LogP contribution < -0.4 is 10.6 Å². The Bertz CT molecular complexity index is 898. The van der Waals surface area contributed by atoms with Gasteiger partial charge in [-0.2, -0.15) is 0 Å². The molecule has 0 aliphatic carbocycles. The zero-order chi connectivity index (χ0) is 20.5. The summed E-state index contributed by atoms with van der Waals surface area (Å²) in [5.41, 5.74) is 2.11. The van der Waals surface area contributed by atoms with Crippen LogP contribution in [-0.2, 0) is 19.1 Å². The predicted octanol–water partition coefficient (Wildman–Crippen LogP) is 3.72. The molecule has 0 radical (unpaired) electrons. The molecular weight excluding hydrogens is 448 g/mol. The molecule has 0 atom stereocenters. The summed E-state index contributed by atoms with van der Waals surface area (Å²) in [4.78, 5) is 35.3. The first-order valence-corrected chi connectivity index (χ1v) is 9.44. The third kappa shape index (κ3) is 7.17. The van der Waals surface area contributed by atoms with Crippen LogP contribution in [0.3, 0.4) is 0 Å². The quantitative estimate of drug-likeness (QED) is 0.482. The minimum Gasteiger partial charge on any atom is -0.452 e. The zero-order valence-electron chi connectivity index (χ0n) is 15.0. The van der Waals surface area contributed by atoms with Gasteiger partial charge in [-0.15, -0.1) is 0 Å². The van der Waals surface area contributed by atoms with Crippen molar-refractivity contribution in [1.82, 2.24) is 5.32 Å². The van der Waals surface area contributed by atoms with Crippen LogP contribution in [0.5, 0.6) is 0 Å². The van der Waals surface area contributed by atoms with E-state index >= 15 is 0 Å². The van der Waals surface area contributed by atoms with Crippen LogP contribution in [0.15, 0.2) is 53.0 Å². The van der Waals surface area contributed by atoms with Crippen molar-refractivity contribution in [2.24, 2.45) is 0 Å².